The van der Waals surface area contributed by atoms with Crippen molar-refractivity contribution < 1.29 is 27.9 Å². The van der Waals surface area contributed by atoms with Crippen molar-refractivity contribution in [3.63, 3.8) is 0 Å². The Kier molecular flexibility index (Phi) is 8.83. The Labute approximate surface area is 177 Å². The average molecular weight is 438 g/mol. The summed E-state index contributed by atoms with van der Waals surface area (Å²) in [5, 5.41) is 16.4. The minimum absolute atomic E-state index is 0.156. The maximum Gasteiger partial charge on any atom is 0.490 e. The highest BCUT2D eigenvalue weighted by molar-refractivity contribution is 5.74. The first kappa shape index (κ1) is 24.2. The standard InChI is InChI=1S/C19H24N4O.C2HF3O2/c20-17(15-7-2-1-3-8-15)12-22-19(24)23-13-18-16-9-5-4-6-14(16)10-11-21-18;3-2(4,5)1(6)7/h1-9,17-18,21H,10-13,20H2,(H2,22,23,24);(H,6,7). The minimum atomic E-state index is -5.08. The molecule has 1 aliphatic heterocycles. The van der Waals surface area contributed by atoms with Gasteiger partial charge in [0.25, 0.3) is 0 Å². The van der Waals surface area contributed by atoms with E-state index in [1.54, 1.807) is 0 Å². The molecule has 2 aromatic rings. The molecule has 0 radical (unpaired) electrons. The molecule has 7 nitrogen and oxygen atoms in total. The number of amides is 2. The number of hydrogen-bond donors (Lipinski definition) is 5. The molecule has 2 amide bonds. The van der Waals surface area contributed by atoms with E-state index in [1.165, 1.54) is 11.1 Å². The first-order chi connectivity index (χ1) is 14.7. The van der Waals surface area contributed by atoms with E-state index in [9.17, 15) is 18.0 Å². The molecule has 1 aliphatic rings. The van der Waals surface area contributed by atoms with E-state index in [1.807, 2.05) is 36.4 Å². The Bertz CT molecular complexity index is 862. The summed E-state index contributed by atoms with van der Waals surface area (Å²) in [7, 11) is 0. The lowest BCUT2D eigenvalue weighted by atomic mass is 9.94. The van der Waals surface area contributed by atoms with Crippen LogP contribution in [0.5, 0.6) is 0 Å². The van der Waals surface area contributed by atoms with Crippen LogP contribution >= 0.6 is 0 Å². The number of urea groups is 1. The summed E-state index contributed by atoms with van der Waals surface area (Å²) in [4.78, 5) is 20.9. The van der Waals surface area contributed by atoms with E-state index in [0.29, 0.717) is 13.1 Å². The molecule has 0 fully saturated rings. The lowest BCUT2D eigenvalue weighted by molar-refractivity contribution is -0.192. The Morgan fingerprint density at radius 1 is 1.10 bits per heavy atom. The monoisotopic (exact) mass is 438 g/mol. The van der Waals surface area contributed by atoms with E-state index < -0.39 is 12.1 Å². The molecule has 3 rings (SSSR count). The third kappa shape index (κ3) is 7.91. The summed E-state index contributed by atoms with van der Waals surface area (Å²) < 4.78 is 31.7. The zero-order valence-corrected chi connectivity index (χ0v) is 16.7. The molecule has 6 N–H and O–H groups in total. The van der Waals surface area contributed by atoms with Gasteiger partial charge in [0.1, 0.15) is 0 Å². The number of alkyl halides is 3. The van der Waals surface area contributed by atoms with Crippen molar-refractivity contribution in [2.45, 2.75) is 24.7 Å². The van der Waals surface area contributed by atoms with Crippen molar-refractivity contribution >= 4 is 12.0 Å². The van der Waals surface area contributed by atoms with E-state index in [0.717, 1.165) is 18.5 Å². The maximum absolute atomic E-state index is 12.0. The second-order valence-electron chi connectivity index (χ2n) is 6.87. The third-order valence-corrected chi connectivity index (χ3v) is 4.64. The largest absolute Gasteiger partial charge is 0.490 e. The Hall–Kier alpha value is -3.11. The normalized spacial score (nSPS) is 16.2. The summed E-state index contributed by atoms with van der Waals surface area (Å²) in [6.45, 7) is 1.90. The van der Waals surface area contributed by atoms with Crippen LogP contribution in [0, 0.1) is 0 Å². The number of nitrogens with two attached hydrogens (primary N) is 1. The lowest BCUT2D eigenvalue weighted by Gasteiger charge is -2.27. The van der Waals surface area contributed by atoms with Crippen LogP contribution in [0.3, 0.4) is 0 Å². The van der Waals surface area contributed by atoms with E-state index in [2.05, 4.69) is 34.1 Å². The van der Waals surface area contributed by atoms with Crippen molar-refractivity contribution in [1.29, 1.82) is 0 Å². The molecular weight excluding hydrogens is 413 g/mol. The Morgan fingerprint density at radius 3 is 2.35 bits per heavy atom. The van der Waals surface area contributed by atoms with Gasteiger partial charge in [-0.3, -0.25) is 0 Å². The van der Waals surface area contributed by atoms with Gasteiger partial charge in [0.2, 0.25) is 0 Å². The number of rotatable bonds is 5. The van der Waals surface area contributed by atoms with Gasteiger partial charge in [0, 0.05) is 25.2 Å². The number of halogens is 3. The van der Waals surface area contributed by atoms with Gasteiger partial charge in [-0.05, 0) is 29.7 Å². The number of carbonyl (C=O) groups is 2. The summed E-state index contributed by atoms with van der Waals surface area (Å²) in [6.07, 6.45) is -4.05. The van der Waals surface area contributed by atoms with Gasteiger partial charge in [-0.25, -0.2) is 9.59 Å². The van der Waals surface area contributed by atoms with Crippen LogP contribution < -0.4 is 21.7 Å². The highest BCUT2D eigenvalue weighted by Crippen LogP contribution is 2.21. The van der Waals surface area contributed by atoms with E-state index >= 15 is 0 Å². The second kappa shape index (κ2) is 11.3. The third-order valence-electron chi connectivity index (χ3n) is 4.64. The van der Waals surface area contributed by atoms with Crippen LogP contribution in [0.1, 0.15) is 28.8 Å². The van der Waals surface area contributed by atoms with Crippen molar-refractivity contribution in [3.05, 3.63) is 71.3 Å². The summed E-state index contributed by atoms with van der Waals surface area (Å²) in [6, 6.07) is 17.9. The van der Waals surface area contributed by atoms with Gasteiger partial charge in [-0.1, -0.05) is 54.6 Å². The quantitative estimate of drug-likeness (QED) is 0.492. The first-order valence-electron chi connectivity index (χ1n) is 9.62. The van der Waals surface area contributed by atoms with Gasteiger partial charge < -0.3 is 26.8 Å². The second-order valence-corrected chi connectivity index (χ2v) is 6.87. The molecule has 0 saturated heterocycles. The number of benzene rings is 2. The van der Waals surface area contributed by atoms with Crippen LogP contribution in [-0.4, -0.2) is 42.9 Å². The summed E-state index contributed by atoms with van der Waals surface area (Å²) >= 11 is 0. The van der Waals surface area contributed by atoms with Gasteiger partial charge >= 0.3 is 18.2 Å². The molecule has 0 bridgehead atoms. The first-order valence-corrected chi connectivity index (χ1v) is 9.62. The summed E-state index contributed by atoms with van der Waals surface area (Å²) in [5.41, 5.74) is 9.73. The number of carboxylic acid groups (broad SMARTS) is 1. The van der Waals surface area contributed by atoms with Crippen molar-refractivity contribution in [3.8, 4) is 0 Å². The van der Waals surface area contributed by atoms with Crippen LogP contribution in [0.2, 0.25) is 0 Å². The minimum Gasteiger partial charge on any atom is -0.475 e. The van der Waals surface area contributed by atoms with Crippen LogP contribution in [0.4, 0.5) is 18.0 Å². The number of aliphatic carboxylic acids is 1. The zero-order valence-electron chi connectivity index (χ0n) is 16.7. The topological polar surface area (TPSA) is 116 Å². The zero-order chi connectivity index (χ0) is 22.9. The van der Waals surface area contributed by atoms with E-state index in [4.69, 9.17) is 15.6 Å². The van der Waals surface area contributed by atoms with Crippen LogP contribution in [-0.2, 0) is 11.2 Å². The molecule has 0 aliphatic carbocycles. The molecule has 2 aromatic carbocycles. The van der Waals surface area contributed by atoms with Crippen LogP contribution in [0.25, 0.3) is 0 Å². The van der Waals surface area contributed by atoms with Gasteiger partial charge in [0.05, 0.1) is 0 Å². The van der Waals surface area contributed by atoms with Gasteiger partial charge in [0.15, 0.2) is 0 Å². The molecule has 31 heavy (non-hydrogen) atoms. The molecule has 10 heteroatoms. The fraction of sp³-hybridized carbons (Fsp3) is 0.333. The molecule has 0 aromatic heterocycles. The number of carboxylic acids is 1. The highest BCUT2D eigenvalue weighted by Gasteiger charge is 2.38. The number of carbonyl (C=O) groups excluding carboxylic acids is 1. The Morgan fingerprint density at radius 2 is 1.71 bits per heavy atom. The Balaban J connectivity index is 0.000000423. The van der Waals surface area contributed by atoms with Crippen molar-refractivity contribution in [1.82, 2.24) is 16.0 Å². The molecule has 168 valence electrons. The fourth-order valence-corrected chi connectivity index (χ4v) is 3.05. The smallest absolute Gasteiger partial charge is 0.475 e. The number of hydrogen-bond acceptors (Lipinski definition) is 4. The maximum atomic E-state index is 12.0. The van der Waals surface area contributed by atoms with Crippen LogP contribution in [0.15, 0.2) is 54.6 Å². The summed E-state index contributed by atoms with van der Waals surface area (Å²) in [5.74, 6) is -2.76. The predicted molar refractivity (Wildman–Crippen MR) is 109 cm³/mol. The van der Waals surface area contributed by atoms with Gasteiger partial charge in [-0.2, -0.15) is 13.2 Å². The highest BCUT2D eigenvalue weighted by atomic mass is 19.4. The molecule has 2 atom stereocenters. The molecule has 0 spiro atoms. The van der Waals surface area contributed by atoms with E-state index in [-0.39, 0.29) is 18.1 Å². The fourth-order valence-electron chi connectivity index (χ4n) is 3.05. The van der Waals surface area contributed by atoms with Crippen molar-refractivity contribution in [2.75, 3.05) is 19.6 Å². The number of fused-ring (bicyclic) bond motifs is 1. The van der Waals surface area contributed by atoms with Gasteiger partial charge in [-0.15, -0.1) is 0 Å². The molecule has 1 heterocycles. The lowest BCUT2D eigenvalue weighted by Crippen LogP contribution is -2.44. The molecule has 2 unspecified atom stereocenters. The SMILES string of the molecule is NC(CNC(=O)NCC1NCCc2ccccc21)c1ccccc1.O=C(O)C(F)(F)F. The van der Waals surface area contributed by atoms with Crippen molar-refractivity contribution in [2.24, 2.45) is 5.73 Å². The predicted octanol–water partition coefficient (Wildman–Crippen LogP) is 2.51. The average Bonchev–Trinajstić information content (AvgIpc) is 2.76. The number of nitrogens with one attached hydrogen (secondary N) is 3. The molecular formula is C21H25F3N4O3. The molecule has 0 saturated carbocycles.